The normalized spacial score (nSPS) is 27.9. The minimum atomic E-state index is -0.931. The molecule has 2 aliphatic heterocycles. The zero-order chi connectivity index (χ0) is 16.8. The van der Waals surface area contributed by atoms with Gasteiger partial charge in [-0.05, 0) is 42.9 Å². The van der Waals surface area contributed by atoms with Gasteiger partial charge in [-0.15, -0.1) is 0 Å². The monoisotopic (exact) mass is 330 g/mol. The molecule has 2 fully saturated rings. The molecule has 1 aromatic rings. The van der Waals surface area contributed by atoms with E-state index in [0.29, 0.717) is 23.5 Å². The second kappa shape index (κ2) is 5.51. The van der Waals surface area contributed by atoms with Gasteiger partial charge in [0.25, 0.3) is 11.8 Å². The summed E-state index contributed by atoms with van der Waals surface area (Å²) in [6.07, 6.45) is 2.88. The van der Waals surface area contributed by atoms with Crippen LogP contribution in [0, 0.1) is 11.8 Å². The van der Waals surface area contributed by atoms with E-state index in [1.54, 1.807) is 18.2 Å². The van der Waals surface area contributed by atoms with Crippen molar-refractivity contribution in [3.05, 3.63) is 23.8 Å². The first-order valence-corrected chi connectivity index (χ1v) is 8.15. The van der Waals surface area contributed by atoms with Crippen LogP contribution in [-0.4, -0.2) is 47.0 Å². The van der Waals surface area contributed by atoms with Crippen LogP contribution in [0.3, 0.4) is 0 Å². The van der Waals surface area contributed by atoms with Gasteiger partial charge in [-0.2, -0.15) is 0 Å². The number of nitrogens with one attached hydrogen (secondary N) is 1. The van der Waals surface area contributed by atoms with Crippen molar-refractivity contribution in [3.63, 3.8) is 0 Å². The zero-order valence-corrected chi connectivity index (χ0v) is 13.0. The molecule has 0 radical (unpaired) electrons. The molecule has 3 aliphatic rings. The van der Waals surface area contributed by atoms with Crippen LogP contribution in [0.4, 0.5) is 5.69 Å². The Labute approximate surface area is 138 Å². The van der Waals surface area contributed by atoms with Crippen molar-refractivity contribution >= 4 is 23.5 Å². The lowest BCUT2D eigenvalue weighted by Crippen LogP contribution is -2.43. The molecular formula is C17H18N2O5. The summed E-state index contributed by atoms with van der Waals surface area (Å²) in [6, 6.07) is 4.04. The van der Waals surface area contributed by atoms with Crippen molar-refractivity contribution in [2.24, 2.45) is 11.8 Å². The number of hydrogen-bond acceptors (Lipinski definition) is 4. The fourth-order valence-corrected chi connectivity index (χ4v) is 4.20. The fraction of sp³-hybridized carbons (Fsp3) is 0.471. The SMILES string of the molecule is O=C1COc2cc(C(=O)N3CC4CCCC4C3C(=O)O)ccc2N1. The van der Waals surface area contributed by atoms with Crippen LogP contribution in [0.15, 0.2) is 18.2 Å². The van der Waals surface area contributed by atoms with Crippen LogP contribution in [0.5, 0.6) is 5.75 Å². The molecule has 1 saturated heterocycles. The van der Waals surface area contributed by atoms with Crippen LogP contribution in [0.2, 0.25) is 0 Å². The zero-order valence-electron chi connectivity index (χ0n) is 13.0. The van der Waals surface area contributed by atoms with E-state index in [0.717, 1.165) is 19.3 Å². The van der Waals surface area contributed by atoms with Crippen LogP contribution in [0.25, 0.3) is 0 Å². The van der Waals surface area contributed by atoms with Crippen molar-refractivity contribution in [2.45, 2.75) is 25.3 Å². The number of carbonyl (C=O) groups excluding carboxylic acids is 2. The summed E-state index contributed by atoms with van der Waals surface area (Å²) >= 11 is 0. The maximum atomic E-state index is 12.9. The number of carbonyl (C=O) groups is 3. The highest BCUT2D eigenvalue weighted by Crippen LogP contribution is 2.43. The third-order valence-electron chi connectivity index (χ3n) is 5.27. The van der Waals surface area contributed by atoms with Crippen LogP contribution in [0.1, 0.15) is 29.6 Å². The first kappa shape index (κ1) is 15.0. The third-order valence-corrected chi connectivity index (χ3v) is 5.27. The first-order valence-electron chi connectivity index (χ1n) is 8.15. The van der Waals surface area contributed by atoms with Gasteiger partial charge in [0.15, 0.2) is 6.61 Å². The highest BCUT2D eigenvalue weighted by atomic mass is 16.5. The van der Waals surface area contributed by atoms with E-state index in [2.05, 4.69) is 5.32 Å². The second-order valence-corrected chi connectivity index (χ2v) is 6.64. The minimum absolute atomic E-state index is 0.0552. The first-order chi connectivity index (χ1) is 11.5. The van der Waals surface area contributed by atoms with E-state index < -0.39 is 12.0 Å². The number of benzene rings is 1. The molecule has 1 saturated carbocycles. The lowest BCUT2D eigenvalue weighted by Gasteiger charge is -2.25. The van der Waals surface area contributed by atoms with Gasteiger partial charge in [0.1, 0.15) is 11.8 Å². The molecule has 126 valence electrons. The number of ether oxygens (including phenoxy) is 1. The van der Waals surface area contributed by atoms with Gasteiger partial charge < -0.3 is 20.1 Å². The predicted molar refractivity (Wildman–Crippen MR) is 83.9 cm³/mol. The highest BCUT2D eigenvalue weighted by Gasteiger charge is 2.49. The van der Waals surface area contributed by atoms with Crippen molar-refractivity contribution in [1.29, 1.82) is 0 Å². The van der Waals surface area contributed by atoms with E-state index in [9.17, 15) is 19.5 Å². The molecule has 1 aliphatic carbocycles. The smallest absolute Gasteiger partial charge is 0.326 e. The van der Waals surface area contributed by atoms with Crippen molar-refractivity contribution in [1.82, 2.24) is 4.90 Å². The number of fused-ring (bicyclic) bond motifs is 2. The van der Waals surface area contributed by atoms with Gasteiger partial charge in [-0.25, -0.2) is 4.79 Å². The van der Waals surface area contributed by atoms with Crippen LogP contribution < -0.4 is 10.1 Å². The largest absolute Gasteiger partial charge is 0.482 e. The average molecular weight is 330 g/mol. The predicted octanol–water partition coefficient (Wildman–Crippen LogP) is 1.34. The molecular weight excluding hydrogens is 312 g/mol. The summed E-state index contributed by atoms with van der Waals surface area (Å²) in [5.74, 6) is -0.686. The Hall–Kier alpha value is -2.57. The van der Waals surface area contributed by atoms with Gasteiger partial charge >= 0.3 is 5.97 Å². The number of amides is 2. The molecule has 2 amide bonds. The Morgan fingerprint density at radius 3 is 2.92 bits per heavy atom. The molecule has 3 unspecified atom stereocenters. The lowest BCUT2D eigenvalue weighted by atomic mass is 9.94. The topological polar surface area (TPSA) is 95.9 Å². The Kier molecular flexibility index (Phi) is 3.44. The van der Waals surface area contributed by atoms with E-state index in [-0.39, 0.29) is 30.3 Å². The van der Waals surface area contributed by atoms with Crippen molar-refractivity contribution in [3.8, 4) is 5.75 Å². The minimum Gasteiger partial charge on any atom is -0.482 e. The van der Waals surface area contributed by atoms with Crippen LogP contribution >= 0.6 is 0 Å². The maximum absolute atomic E-state index is 12.9. The van der Waals surface area contributed by atoms with Gasteiger partial charge in [0.05, 0.1) is 5.69 Å². The molecule has 3 atom stereocenters. The number of aliphatic carboxylic acids is 1. The average Bonchev–Trinajstić information content (AvgIpc) is 3.13. The number of likely N-dealkylation sites (tertiary alicyclic amines) is 1. The number of rotatable bonds is 2. The van der Waals surface area contributed by atoms with Gasteiger partial charge in [-0.1, -0.05) is 6.42 Å². The van der Waals surface area contributed by atoms with Gasteiger partial charge in [0.2, 0.25) is 0 Å². The molecule has 24 heavy (non-hydrogen) atoms. The Balaban J connectivity index is 1.61. The fourth-order valence-electron chi connectivity index (χ4n) is 4.20. The molecule has 4 rings (SSSR count). The maximum Gasteiger partial charge on any atom is 0.326 e. The van der Waals surface area contributed by atoms with Crippen molar-refractivity contribution in [2.75, 3.05) is 18.5 Å². The number of carboxylic acids is 1. The molecule has 2 heterocycles. The van der Waals surface area contributed by atoms with Gasteiger partial charge in [0, 0.05) is 12.1 Å². The summed E-state index contributed by atoms with van der Waals surface area (Å²) in [6.45, 7) is 0.408. The Morgan fingerprint density at radius 2 is 2.12 bits per heavy atom. The summed E-state index contributed by atoms with van der Waals surface area (Å²) in [5.41, 5.74) is 0.909. The van der Waals surface area contributed by atoms with E-state index in [4.69, 9.17) is 4.74 Å². The van der Waals surface area contributed by atoms with E-state index >= 15 is 0 Å². The highest BCUT2D eigenvalue weighted by molar-refractivity contribution is 6.00. The van der Waals surface area contributed by atoms with Gasteiger partial charge in [-0.3, -0.25) is 9.59 Å². The van der Waals surface area contributed by atoms with E-state index in [1.165, 1.54) is 4.90 Å². The summed E-state index contributed by atoms with van der Waals surface area (Å²) in [7, 11) is 0. The number of carboxylic acid groups (broad SMARTS) is 1. The van der Waals surface area contributed by atoms with E-state index in [1.807, 2.05) is 0 Å². The molecule has 7 nitrogen and oxygen atoms in total. The number of anilines is 1. The summed E-state index contributed by atoms with van der Waals surface area (Å²) < 4.78 is 5.34. The number of nitrogens with zero attached hydrogens (tertiary/aromatic N) is 1. The standard InChI is InChI=1S/C17H18N2O5/c20-14-8-24-13-6-9(4-5-12(13)18-14)16(21)19-7-10-2-1-3-11(10)15(19)17(22)23/h4-6,10-11,15H,1-3,7-8H2,(H,18,20)(H,22,23). The molecule has 0 spiro atoms. The molecule has 7 heteroatoms. The molecule has 0 aromatic heterocycles. The number of hydrogen-bond donors (Lipinski definition) is 2. The molecule has 2 N–H and O–H groups in total. The molecule has 0 bridgehead atoms. The Morgan fingerprint density at radius 1 is 1.29 bits per heavy atom. The second-order valence-electron chi connectivity index (χ2n) is 6.64. The Bertz CT molecular complexity index is 732. The quantitative estimate of drug-likeness (QED) is 0.853. The third kappa shape index (κ3) is 2.31. The summed E-state index contributed by atoms with van der Waals surface area (Å²) in [4.78, 5) is 37.3. The lowest BCUT2D eigenvalue weighted by molar-refractivity contribution is -0.142. The van der Waals surface area contributed by atoms with Crippen LogP contribution in [-0.2, 0) is 9.59 Å². The molecule has 1 aromatic carbocycles. The summed E-state index contributed by atoms with van der Waals surface area (Å²) in [5, 5.41) is 12.3. The van der Waals surface area contributed by atoms with Crippen molar-refractivity contribution < 1.29 is 24.2 Å².